The number of hydrogen-bond acceptors (Lipinski definition) is 3. The van der Waals surface area contributed by atoms with Crippen LogP contribution in [-0.2, 0) is 16.0 Å². The molecule has 0 aromatic heterocycles. The summed E-state index contributed by atoms with van der Waals surface area (Å²) in [6.45, 7) is 3.71. The lowest BCUT2D eigenvalue weighted by atomic mass is 9.92. The zero-order valence-corrected chi connectivity index (χ0v) is 13.1. The number of hydrogen-bond donors (Lipinski definition) is 1. The van der Waals surface area contributed by atoms with E-state index in [1.807, 2.05) is 43.3 Å². The number of carbonyl (C=O) groups is 3. The molecule has 0 amide bonds. The van der Waals surface area contributed by atoms with Gasteiger partial charge in [-0.2, -0.15) is 0 Å². The van der Waals surface area contributed by atoms with Gasteiger partial charge in [-0.15, -0.1) is 0 Å². The SMILES string of the molecule is Cc1cc(Cc2ccccc2)cc(C(=O)CC(=O)C(=O)O)c1C. The van der Waals surface area contributed by atoms with Gasteiger partial charge in [0, 0.05) is 5.56 Å². The molecular weight excluding hydrogens is 292 g/mol. The van der Waals surface area contributed by atoms with E-state index in [0.717, 1.165) is 22.3 Å². The van der Waals surface area contributed by atoms with Crippen LogP contribution in [0, 0.1) is 13.8 Å². The van der Waals surface area contributed by atoms with Gasteiger partial charge in [0.05, 0.1) is 6.42 Å². The summed E-state index contributed by atoms with van der Waals surface area (Å²) in [6.07, 6.45) is 0.0690. The maximum atomic E-state index is 12.3. The van der Waals surface area contributed by atoms with Crippen molar-refractivity contribution in [3.05, 3.63) is 70.3 Å². The summed E-state index contributed by atoms with van der Waals surface area (Å²) in [5.41, 5.74) is 4.24. The van der Waals surface area contributed by atoms with E-state index in [4.69, 9.17) is 5.11 Å². The molecule has 0 spiro atoms. The fourth-order valence-corrected chi connectivity index (χ4v) is 2.47. The van der Waals surface area contributed by atoms with Crippen LogP contribution in [-0.4, -0.2) is 22.6 Å². The summed E-state index contributed by atoms with van der Waals surface area (Å²) in [5.74, 6) is -3.11. The van der Waals surface area contributed by atoms with Crippen LogP contribution in [0.2, 0.25) is 0 Å². The smallest absolute Gasteiger partial charge is 0.372 e. The van der Waals surface area contributed by atoms with Crippen molar-refractivity contribution in [3.8, 4) is 0 Å². The Labute approximate surface area is 134 Å². The second-order valence-corrected chi connectivity index (χ2v) is 5.58. The average molecular weight is 310 g/mol. The van der Waals surface area contributed by atoms with Crippen molar-refractivity contribution in [3.63, 3.8) is 0 Å². The van der Waals surface area contributed by atoms with E-state index >= 15 is 0 Å². The maximum absolute atomic E-state index is 12.3. The van der Waals surface area contributed by atoms with Crippen molar-refractivity contribution in [2.75, 3.05) is 0 Å². The largest absolute Gasteiger partial charge is 0.475 e. The highest BCUT2D eigenvalue weighted by Crippen LogP contribution is 2.20. The van der Waals surface area contributed by atoms with Gasteiger partial charge in [0.1, 0.15) is 0 Å². The Morgan fingerprint density at radius 1 is 0.957 bits per heavy atom. The zero-order chi connectivity index (χ0) is 17.0. The van der Waals surface area contributed by atoms with Crippen LogP contribution in [0.5, 0.6) is 0 Å². The van der Waals surface area contributed by atoms with Crippen molar-refractivity contribution in [1.82, 2.24) is 0 Å². The lowest BCUT2D eigenvalue weighted by Gasteiger charge is -2.11. The molecule has 0 aliphatic rings. The lowest BCUT2D eigenvalue weighted by molar-refractivity contribution is -0.148. The second kappa shape index (κ2) is 7.01. The fraction of sp³-hybridized carbons (Fsp3) is 0.211. The summed E-state index contributed by atoms with van der Waals surface area (Å²) in [6, 6.07) is 13.6. The lowest BCUT2D eigenvalue weighted by Crippen LogP contribution is -2.18. The zero-order valence-electron chi connectivity index (χ0n) is 13.1. The van der Waals surface area contributed by atoms with Gasteiger partial charge in [0.2, 0.25) is 5.78 Å². The number of carbonyl (C=O) groups excluding carboxylic acids is 2. The Balaban J connectivity index is 2.31. The molecule has 0 heterocycles. The highest BCUT2D eigenvalue weighted by Gasteiger charge is 2.20. The molecule has 4 heteroatoms. The van der Waals surface area contributed by atoms with E-state index in [2.05, 4.69) is 0 Å². The normalized spacial score (nSPS) is 10.3. The summed E-state index contributed by atoms with van der Waals surface area (Å²) < 4.78 is 0. The monoisotopic (exact) mass is 310 g/mol. The molecule has 0 aliphatic carbocycles. The highest BCUT2D eigenvalue weighted by atomic mass is 16.4. The molecular formula is C19H18O4. The van der Waals surface area contributed by atoms with Crippen molar-refractivity contribution < 1.29 is 19.5 Å². The van der Waals surface area contributed by atoms with Crippen LogP contribution >= 0.6 is 0 Å². The third kappa shape index (κ3) is 4.13. The predicted octanol–water partition coefficient (Wildman–Crippen LogP) is 3.12. The number of carboxylic acid groups (broad SMARTS) is 1. The molecule has 0 atom stereocenters. The topological polar surface area (TPSA) is 71.4 Å². The third-order valence-electron chi connectivity index (χ3n) is 3.84. The molecule has 118 valence electrons. The summed E-state index contributed by atoms with van der Waals surface area (Å²) >= 11 is 0. The highest BCUT2D eigenvalue weighted by molar-refractivity contribution is 6.37. The molecule has 2 aromatic rings. The molecule has 1 N–H and O–H groups in total. The van der Waals surface area contributed by atoms with Gasteiger partial charge < -0.3 is 5.11 Å². The van der Waals surface area contributed by atoms with Crippen molar-refractivity contribution >= 4 is 17.5 Å². The van der Waals surface area contributed by atoms with Gasteiger partial charge in [0.15, 0.2) is 5.78 Å². The Morgan fingerprint density at radius 3 is 2.22 bits per heavy atom. The molecule has 4 nitrogen and oxygen atoms in total. The first kappa shape index (κ1) is 16.6. The van der Waals surface area contributed by atoms with Crippen LogP contribution in [0.15, 0.2) is 42.5 Å². The van der Waals surface area contributed by atoms with Gasteiger partial charge >= 0.3 is 5.97 Å². The number of carboxylic acids is 1. The number of aliphatic carboxylic acids is 1. The molecule has 0 radical (unpaired) electrons. The van der Waals surface area contributed by atoms with Gasteiger partial charge in [0.25, 0.3) is 0 Å². The predicted molar refractivity (Wildman–Crippen MR) is 86.8 cm³/mol. The van der Waals surface area contributed by atoms with Gasteiger partial charge in [-0.05, 0) is 48.6 Å². The average Bonchev–Trinajstić information content (AvgIpc) is 2.51. The molecule has 0 saturated heterocycles. The van der Waals surface area contributed by atoms with Crippen molar-refractivity contribution in [1.29, 1.82) is 0 Å². The number of ketones is 2. The van der Waals surface area contributed by atoms with Crippen LogP contribution < -0.4 is 0 Å². The van der Waals surface area contributed by atoms with E-state index in [9.17, 15) is 14.4 Å². The summed E-state index contributed by atoms with van der Waals surface area (Å²) in [7, 11) is 0. The minimum absolute atomic E-state index is 0.422. The minimum Gasteiger partial charge on any atom is -0.475 e. The standard InChI is InChI=1S/C19H18O4/c1-12-8-15(9-14-6-4-3-5-7-14)10-16(13(12)2)17(20)11-18(21)19(22)23/h3-8,10H,9,11H2,1-2H3,(H,22,23). The molecule has 0 aliphatic heterocycles. The number of Topliss-reactive ketones (excluding diaryl/α,β-unsaturated/α-hetero) is 2. The first-order valence-corrected chi connectivity index (χ1v) is 7.32. The van der Waals surface area contributed by atoms with Crippen LogP contribution in [0.4, 0.5) is 0 Å². The third-order valence-corrected chi connectivity index (χ3v) is 3.84. The molecule has 0 saturated carbocycles. The van der Waals surface area contributed by atoms with Crippen molar-refractivity contribution in [2.45, 2.75) is 26.7 Å². The Hall–Kier alpha value is -2.75. The summed E-state index contributed by atoms with van der Waals surface area (Å²) in [4.78, 5) is 34.2. The molecule has 0 bridgehead atoms. The van der Waals surface area contributed by atoms with Gasteiger partial charge in [-0.3, -0.25) is 9.59 Å². The van der Waals surface area contributed by atoms with E-state index < -0.39 is 24.0 Å². The number of rotatable bonds is 6. The molecule has 2 rings (SSSR count). The first-order chi connectivity index (χ1) is 10.9. The van der Waals surface area contributed by atoms with E-state index in [1.165, 1.54) is 0 Å². The van der Waals surface area contributed by atoms with E-state index in [-0.39, 0.29) is 0 Å². The molecule has 0 fully saturated rings. The Kier molecular flexibility index (Phi) is 5.06. The fourth-order valence-electron chi connectivity index (χ4n) is 2.47. The van der Waals surface area contributed by atoms with E-state index in [0.29, 0.717) is 12.0 Å². The van der Waals surface area contributed by atoms with Crippen molar-refractivity contribution in [2.24, 2.45) is 0 Å². The second-order valence-electron chi connectivity index (χ2n) is 5.58. The molecule has 0 unspecified atom stereocenters. The number of aryl methyl sites for hydroxylation is 1. The Bertz CT molecular complexity index is 760. The van der Waals surface area contributed by atoms with Crippen LogP contribution in [0.25, 0.3) is 0 Å². The maximum Gasteiger partial charge on any atom is 0.372 e. The Morgan fingerprint density at radius 2 is 1.61 bits per heavy atom. The van der Waals surface area contributed by atoms with Crippen LogP contribution in [0.1, 0.15) is 39.0 Å². The molecule has 2 aromatic carbocycles. The quantitative estimate of drug-likeness (QED) is 0.505. The van der Waals surface area contributed by atoms with Crippen LogP contribution in [0.3, 0.4) is 0 Å². The summed E-state index contributed by atoms with van der Waals surface area (Å²) in [5, 5.41) is 8.65. The van der Waals surface area contributed by atoms with E-state index in [1.54, 1.807) is 13.0 Å². The minimum atomic E-state index is -1.58. The first-order valence-electron chi connectivity index (χ1n) is 7.32. The number of benzene rings is 2. The van der Waals surface area contributed by atoms with Gasteiger partial charge in [-0.1, -0.05) is 36.4 Å². The molecule has 23 heavy (non-hydrogen) atoms. The van der Waals surface area contributed by atoms with Gasteiger partial charge in [-0.25, -0.2) is 4.79 Å².